The number of hydrogen-bond acceptors (Lipinski definition) is 8. The van der Waals surface area contributed by atoms with Crippen LogP contribution in [0.15, 0.2) is 24.3 Å². The van der Waals surface area contributed by atoms with Gasteiger partial charge in [0.05, 0.1) is 37.0 Å². The summed E-state index contributed by atoms with van der Waals surface area (Å²) in [6.07, 6.45) is -2.22. The largest absolute Gasteiger partial charge is 0.446 e. The third-order valence-electron chi connectivity index (χ3n) is 4.13. The molecule has 11 nitrogen and oxygen atoms in total. The maximum atomic E-state index is 12.2. The molecule has 170 valence electrons. The van der Waals surface area contributed by atoms with Crippen molar-refractivity contribution in [1.29, 1.82) is 0 Å². The van der Waals surface area contributed by atoms with Crippen LogP contribution in [0.4, 0.5) is 9.18 Å². The zero-order chi connectivity index (χ0) is 22.8. The van der Waals surface area contributed by atoms with Gasteiger partial charge in [0.15, 0.2) is 12.6 Å². The Bertz CT molecular complexity index is 748. The van der Waals surface area contributed by atoms with Crippen LogP contribution in [-0.2, 0) is 23.7 Å². The molecular weight excluding hydrogens is 417 g/mol. The molecule has 31 heavy (non-hydrogen) atoms. The number of hydrogen-bond donors (Lipinski definition) is 2. The van der Waals surface area contributed by atoms with Crippen molar-refractivity contribution in [2.45, 2.75) is 32.5 Å². The second-order valence-corrected chi connectivity index (χ2v) is 6.35. The molecule has 1 fully saturated rings. The van der Waals surface area contributed by atoms with Crippen LogP contribution in [0.1, 0.15) is 34.6 Å². The van der Waals surface area contributed by atoms with Crippen molar-refractivity contribution in [3.05, 3.63) is 35.4 Å². The van der Waals surface area contributed by atoms with Crippen LogP contribution in [0.5, 0.6) is 0 Å². The summed E-state index contributed by atoms with van der Waals surface area (Å²) in [6, 6.07) is 6.51. The van der Waals surface area contributed by atoms with Gasteiger partial charge < -0.3 is 18.9 Å². The lowest BCUT2D eigenvalue weighted by Gasteiger charge is -2.32. The predicted molar refractivity (Wildman–Crippen MR) is 102 cm³/mol. The first-order chi connectivity index (χ1) is 14.8. The summed E-state index contributed by atoms with van der Waals surface area (Å²) in [7, 11) is 0. The maximum absolute atomic E-state index is 12.2. The number of ether oxygens (including phenoxy) is 4. The molecule has 0 aliphatic carbocycles. The third-order valence-corrected chi connectivity index (χ3v) is 4.13. The Labute approximate surface area is 177 Å². The van der Waals surface area contributed by atoms with E-state index in [-0.39, 0.29) is 43.8 Å². The molecule has 12 heteroatoms. The van der Waals surface area contributed by atoms with E-state index in [9.17, 15) is 23.6 Å². The molecule has 0 bridgehead atoms. The number of carbonyl (C=O) groups excluding carboxylic acids is 4. The van der Waals surface area contributed by atoms with Crippen molar-refractivity contribution in [1.82, 2.24) is 15.8 Å². The van der Waals surface area contributed by atoms with Gasteiger partial charge in [-0.2, -0.15) is 0 Å². The molecule has 2 heterocycles. The fraction of sp³-hybridized carbons (Fsp3) is 0.474. The highest BCUT2D eigenvalue weighted by atomic mass is 19.1. The zero-order valence-electron chi connectivity index (χ0n) is 17.0. The molecule has 0 aromatic heterocycles. The molecule has 0 radical (unpaired) electrons. The molecule has 2 N–H and O–H groups in total. The number of nitrogens with one attached hydrogen (secondary N) is 2. The van der Waals surface area contributed by atoms with E-state index < -0.39 is 12.5 Å². The van der Waals surface area contributed by atoms with Crippen LogP contribution >= 0.6 is 0 Å². The molecule has 1 atom stereocenters. The quantitative estimate of drug-likeness (QED) is 0.274. The lowest BCUT2D eigenvalue weighted by atomic mass is 10.1. The Morgan fingerprint density at radius 3 is 2.32 bits per heavy atom. The van der Waals surface area contributed by atoms with Crippen molar-refractivity contribution in [3.8, 4) is 0 Å². The SMILES string of the molecule is CC(F)OCCOC(=O)NNC=O.CC1OCC(N2C(=O)c3ccccc3C2=O)CO1. The Balaban J connectivity index is 0.000000235. The second-order valence-electron chi connectivity index (χ2n) is 6.35. The molecule has 1 aromatic rings. The van der Waals surface area contributed by atoms with Gasteiger partial charge in [0.1, 0.15) is 6.61 Å². The molecular formula is C19H24FN3O8. The topological polar surface area (TPSA) is 132 Å². The molecule has 0 spiro atoms. The van der Waals surface area contributed by atoms with E-state index in [1.54, 1.807) is 31.2 Å². The first-order valence-electron chi connectivity index (χ1n) is 9.42. The van der Waals surface area contributed by atoms with Crippen LogP contribution in [0.2, 0.25) is 0 Å². The minimum Gasteiger partial charge on any atom is -0.446 e. The van der Waals surface area contributed by atoms with Gasteiger partial charge in [0, 0.05) is 0 Å². The van der Waals surface area contributed by atoms with E-state index in [1.807, 2.05) is 10.9 Å². The molecule has 4 amide bonds. The van der Waals surface area contributed by atoms with Crippen molar-refractivity contribution in [2.75, 3.05) is 26.4 Å². The number of halogens is 1. The smallest absolute Gasteiger partial charge is 0.426 e. The van der Waals surface area contributed by atoms with Crippen LogP contribution in [0.25, 0.3) is 0 Å². The normalized spacial score (nSPS) is 20.8. The van der Waals surface area contributed by atoms with Gasteiger partial charge >= 0.3 is 6.09 Å². The molecule has 2 aliphatic rings. The van der Waals surface area contributed by atoms with Gasteiger partial charge in [-0.3, -0.25) is 24.7 Å². The summed E-state index contributed by atoms with van der Waals surface area (Å²) in [6.45, 7) is 3.54. The van der Waals surface area contributed by atoms with Crippen LogP contribution in [-0.4, -0.2) is 74.3 Å². The summed E-state index contributed by atoms with van der Waals surface area (Å²) in [4.78, 5) is 45.8. The highest BCUT2D eigenvalue weighted by Gasteiger charge is 2.41. The van der Waals surface area contributed by atoms with Gasteiger partial charge in [-0.1, -0.05) is 12.1 Å². The number of benzene rings is 1. The average molecular weight is 441 g/mol. The standard InChI is InChI=1S/C13H13NO4.C6H11FN2O4/c1-8-17-6-9(7-18-8)14-12(15)10-4-2-3-5-11(10)13(14)16;1-5(7)12-2-3-13-6(11)9-8-4-10/h2-5,8-9H,6-7H2,1H3;4-5H,2-3H2,1H3,(H,8,10)(H,9,11). The Morgan fingerprint density at radius 2 is 1.81 bits per heavy atom. The summed E-state index contributed by atoms with van der Waals surface area (Å²) in [5.41, 5.74) is 4.69. The number of rotatable bonds is 7. The summed E-state index contributed by atoms with van der Waals surface area (Å²) in [5.74, 6) is -0.523. The highest BCUT2D eigenvalue weighted by Crippen LogP contribution is 2.26. The molecule has 1 unspecified atom stereocenters. The molecule has 2 aliphatic heterocycles. The number of amides is 4. The third kappa shape index (κ3) is 6.98. The number of carbonyl (C=O) groups is 4. The maximum Gasteiger partial charge on any atom is 0.426 e. The lowest BCUT2D eigenvalue weighted by molar-refractivity contribution is -0.187. The van der Waals surface area contributed by atoms with E-state index in [2.05, 4.69) is 9.47 Å². The zero-order valence-corrected chi connectivity index (χ0v) is 17.0. The average Bonchev–Trinajstić information content (AvgIpc) is 3.01. The number of imide groups is 1. The first kappa shape index (κ1) is 24.2. The van der Waals surface area contributed by atoms with Gasteiger partial charge in [-0.25, -0.2) is 14.6 Å². The number of hydrazine groups is 1. The van der Waals surface area contributed by atoms with Crippen molar-refractivity contribution in [2.24, 2.45) is 0 Å². The fourth-order valence-corrected chi connectivity index (χ4v) is 2.75. The van der Waals surface area contributed by atoms with Crippen LogP contribution in [0, 0.1) is 0 Å². The minimum absolute atomic E-state index is 0.0355. The lowest BCUT2D eigenvalue weighted by Crippen LogP contribution is -2.49. The summed E-state index contributed by atoms with van der Waals surface area (Å²) in [5, 5.41) is 0. The fourth-order valence-electron chi connectivity index (χ4n) is 2.75. The Kier molecular flexibility index (Phi) is 9.31. The molecule has 1 aromatic carbocycles. The monoisotopic (exact) mass is 441 g/mol. The van der Waals surface area contributed by atoms with Crippen LogP contribution in [0.3, 0.4) is 0 Å². The highest BCUT2D eigenvalue weighted by molar-refractivity contribution is 6.21. The van der Waals surface area contributed by atoms with Gasteiger partial charge in [-0.05, 0) is 26.0 Å². The van der Waals surface area contributed by atoms with Crippen molar-refractivity contribution < 1.29 is 42.5 Å². The molecule has 3 rings (SSSR count). The van der Waals surface area contributed by atoms with E-state index >= 15 is 0 Å². The number of nitrogens with zero attached hydrogens (tertiary/aromatic N) is 1. The first-order valence-corrected chi connectivity index (χ1v) is 9.42. The second kappa shape index (κ2) is 11.9. The van der Waals surface area contributed by atoms with E-state index in [0.29, 0.717) is 24.3 Å². The van der Waals surface area contributed by atoms with Gasteiger partial charge in [0.2, 0.25) is 6.41 Å². The van der Waals surface area contributed by atoms with Gasteiger partial charge in [-0.15, -0.1) is 0 Å². The number of fused-ring (bicyclic) bond motifs is 1. The van der Waals surface area contributed by atoms with E-state index in [0.717, 1.165) is 0 Å². The van der Waals surface area contributed by atoms with E-state index in [1.165, 1.54) is 11.8 Å². The van der Waals surface area contributed by atoms with Gasteiger partial charge in [0.25, 0.3) is 11.8 Å². The summed E-state index contributed by atoms with van der Waals surface area (Å²) >= 11 is 0. The van der Waals surface area contributed by atoms with Crippen molar-refractivity contribution >= 4 is 24.3 Å². The summed E-state index contributed by atoms with van der Waals surface area (Å²) < 4.78 is 31.5. The Morgan fingerprint density at radius 1 is 1.23 bits per heavy atom. The van der Waals surface area contributed by atoms with Crippen molar-refractivity contribution in [3.63, 3.8) is 0 Å². The number of alkyl halides is 1. The minimum atomic E-state index is -1.39. The predicted octanol–water partition coefficient (Wildman–Crippen LogP) is 0.750. The van der Waals surface area contributed by atoms with Crippen LogP contribution < -0.4 is 10.9 Å². The molecule has 1 saturated heterocycles. The molecule has 0 saturated carbocycles. The van der Waals surface area contributed by atoms with E-state index in [4.69, 9.17) is 9.47 Å². The Hall–Kier alpha value is -3.09.